The quantitative estimate of drug-likeness (QED) is 0.815. The van der Waals surface area contributed by atoms with Crippen LogP contribution in [0.4, 0.5) is 4.79 Å². The average molecular weight is 355 g/mol. The highest BCUT2D eigenvalue weighted by Crippen LogP contribution is 2.15. The summed E-state index contributed by atoms with van der Waals surface area (Å²) in [4.78, 5) is 35.8. The summed E-state index contributed by atoms with van der Waals surface area (Å²) in [5, 5.41) is 21.9. The molecule has 10 nitrogen and oxygen atoms in total. The fourth-order valence-corrected chi connectivity index (χ4v) is 2.35. The Morgan fingerprint density at radius 1 is 1.32 bits per heavy atom. The molecule has 2 heterocycles. The zero-order chi connectivity index (χ0) is 18.8. The van der Waals surface area contributed by atoms with Gasteiger partial charge in [0.25, 0.3) is 0 Å². The molecule has 0 bridgehead atoms. The molecule has 1 fully saturated rings. The standard InChI is InChI=1S/C15H21N3O7/c1-15(2,3)25-14(23)17-4-5-24-9(7-17)8-18-11(13(21)22)6-10(16-18)12(19)20/h6,9H,4-5,7-8H2,1-3H3,(H,19,20)(H,21,22). The van der Waals surface area contributed by atoms with E-state index in [1.807, 2.05) is 0 Å². The van der Waals surface area contributed by atoms with Crippen molar-refractivity contribution in [1.82, 2.24) is 14.7 Å². The van der Waals surface area contributed by atoms with Gasteiger partial charge in [0.15, 0.2) is 5.69 Å². The van der Waals surface area contributed by atoms with Gasteiger partial charge in [-0.05, 0) is 20.8 Å². The average Bonchev–Trinajstić information content (AvgIpc) is 2.90. The second-order valence-electron chi connectivity index (χ2n) is 6.63. The number of aromatic carboxylic acids is 2. The molecule has 138 valence electrons. The topological polar surface area (TPSA) is 131 Å². The molecule has 2 N–H and O–H groups in total. The molecule has 1 atom stereocenters. The molecule has 25 heavy (non-hydrogen) atoms. The fourth-order valence-electron chi connectivity index (χ4n) is 2.35. The lowest BCUT2D eigenvalue weighted by Crippen LogP contribution is -2.48. The predicted octanol–water partition coefficient (Wildman–Crippen LogP) is 0.915. The van der Waals surface area contributed by atoms with Crippen LogP contribution in [0.1, 0.15) is 41.7 Å². The number of ether oxygens (including phenoxy) is 2. The first-order valence-corrected chi connectivity index (χ1v) is 7.71. The lowest BCUT2D eigenvalue weighted by Gasteiger charge is -2.34. The molecule has 0 aliphatic carbocycles. The number of nitrogens with zero attached hydrogens (tertiary/aromatic N) is 3. The lowest BCUT2D eigenvalue weighted by molar-refractivity contribution is -0.0486. The van der Waals surface area contributed by atoms with E-state index in [1.165, 1.54) is 4.90 Å². The number of carboxylic acids is 2. The van der Waals surface area contributed by atoms with Crippen molar-refractivity contribution in [3.8, 4) is 0 Å². The Morgan fingerprint density at radius 2 is 2.00 bits per heavy atom. The maximum absolute atomic E-state index is 12.1. The Morgan fingerprint density at radius 3 is 2.56 bits per heavy atom. The summed E-state index contributed by atoms with van der Waals surface area (Å²) >= 11 is 0. The van der Waals surface area contributed by atoms with Crippen molar-refractivity contribution in [2.75, 3.05) is 19.7 Å². The molecule has 1 aromatic heterocycles. The van der Waals surface area contributed by atoms with Crippen LogP contribution < -0.4 is 0 Å². The van der Waals surface area contributed by atoms with Gasteiger partial charge in [-0.3, -0.25) is 4.68 Å². The maximum atomic E-state index is 12.1. The highest BCUT2D eigenvalue weighted by molar-refractivity contribution is 5.91. The summed E-state index contributed by atoms with van der Waals surface area (Å²) in [6.45, 7) is 6.11. The van der Waals surface area contributed by atoms with Crippen LogP contribution in [-0.2, 0) is 16.0 Å². The number of rotatable bonds is 4. The van der Waals surface area contributed by atoms with Crippen LogP contribution in [0.5, 0.6) is 0 Å². The Labute approximate surface area is 143 Å². The summed E-state index contributed by atoms with van der Waals surface area (Å²) < 4.78 is 11.9. The van der Waals surface area contributed by atoms with Crippen LogP contribution in [0.2, 0.25) is 0 Å². The minimum Gasteiger partial charge on any atom is -0.477 e. The minimum absolute atomic E-state index is 0.00815. The predicted molar refractivity (Wildman–Crippen MR) is 83.7 cm³/mol. The van der Waals surface area contributed by atoms with E-state index in [4.69, 9.17) is 14.6 Å². The van der Waals surface area contributed by atoms with Crippen molar-refractivity contribution in [2.24, 2.45) is 0 Å². The van der Waals surface area contributed by atoms with E-state index in [1.54, 1.807) is 20.8 Å². The molecule has 1 aliphatic rings. The molecule has 1 saturated heterocycles. The van der Waals surface area contributed by atoms with Crippen molar-refractivity contribution >= 4 is 18.0 Å². The molecule has 2 rings (SSSR count). The normalized spacial score (nSPS) is 18.0. The molecule has 0 aromatic carbocycles. The van der Waals surface area contributed by atoms with E-state index >= 15 is 0 Å². The largest absolute Gasteiger partial charge is 0.477 e. The second kappa shape index (κ2) is 7.09. The van der Waals surface area contributed by atoms with E-state index in [-0.39, 0.29) is 31.1 Å². The fraction of sp³-hybridized carbons (Fsp3) is 0.600. The summed E-state index contributed by atoms with van der Waals surface area (Å²) in [7, 11) is 0. The van der Waals surface area contributed by atoms with Gasteiger partial charge < -0.3 is 24.6 Å². The van der Waals surface area contributed by atoms with Gasteiger partial charge in [-0.2, -0.15) is 5.10 Å². The van der Waals surface area contributed by atoms with Crippen LogP contribution in [0.15, 0.2) is 6.07 Å². The van der Waals surface area contributed by atoms with Gasteiger partial charge in [-0.25, -0.2) is 14.4 Å². The van der Waals surface area contributed by atoms with Crippen LogP contribution in [0, 0.1) is 0 Å². The molecule has 0 saturated carbocycles. The third-order valence-corrected chi connectivity index (χ3v) is 3.39. The monoisotopic (exact) mass is 355 g/mol. The number of aromatic nitrogens is 2. The molecular weight excluding hydrogens is 334 g/mol. The van der Waals surface area contributed by atoms with Crippen molar-refractivity contribution in [3.63, 3.8) is 0 Å². The van der Waals surface area contributed by atoms with Gasteiger partial charge >= 0.3 is 18.0 Å². The van der Waals surface area contributed by atoms with Crippen LogP contribution >= 0.6 is 0 Å². The number of carboxylic acid groups (broad SMARTS) is 2. The van der Waals surface area contributed by atoms with Gasteiger partial charge in [0.05, 0.1) is 25.8 Å². The number of morpholine rings is 1. The van der Waals surface area contributed by atoms with Gasteiger partial charge in [-0.15, -0.1) is 0 Å². The highest BCUT2D eigenvalue weighted by atomic mass is 16.6. The summed E-state index contributed by atoms with van der Waals surface area (Å²) in [5.74, 6) is -2.61. The van der Waals surface area contributed by atoms with Crippen LogP contribution in [-0.4, -0.2) is 74.3 Å². The van der Waals surface area contributed by atoms with E-state index in [2.05, 4.69) is 5.10 Å². The van der Waals surface area contributed by atoms with E-state index in [9.17, 15) is 19.5 Å². The molecule has 0 radical (unpaired) electrons. The van der Waals surface area contributed by atoms with Crippen molar-refractivity contribution in [1.29, 1.82) is 0 Å². The highest BCUT2D eigenvalue weighted by Gasteiger charge is 2.29. The molecular formula is C15H21N3O7. The molecule has 10 heteroatoms. The van der Waals surface area contributed by atoms with Crippen LogP contribution in [0.25, 0.3) is 0 Å². The summed E-state index contributed by atoms with van der Waals surface area (Å²) in [5.41, 5.74) is -1.24. The Kier molecular flexibility index (Phi) is 5.31. The minimum atomic E-state index is -1.32. The van der Waals surface area contributed by atoms with Gasteiger partial charge in [0, 0.05) is 12.6 Å². The van der Waals surface area contributed by atoms with Crippen molar-refractivity contribution in [3.05, 3.63) is 17.5 Å². The summed E-state index contributed by atoms with van der Waals surface area (Å²) in [6, 6.07) is 0.985. The van der Waals surface area contributed by atoms with Crippen LogP contribution in [0.3, 0.4) is 0 Å². The SMILES string of the molecule is CC(C)(C)OC(=O)N1CCOC(Cn2nc(C(=O)O)cc2C(=O)O)C1. The number of carbonyl (C=O) groups excluding carboxylic acids is 1. The zero-order valence-electron chi connectivity index (χ0n) is 14.3. The van der Waals surface area contributed by atoms with Gasteiger partial charge in [-0.1, -0.05) is 0 Å². The van der Waals surface area contributed by atoms with E-state index < -0.39 is 29.7 Å². The van der Waals surface area contributed by atoms with E-state index in [0.29, 0.717) is 6.54 Å². The molecule has 1 aromatic rings. The van der Waals surface area contributed by atoms with E-state index in [0.717, 1.165) is 10.7 Å². The third kappa shape index (κ3) is 4.92. The smallest absolute Gasteiger partial charge is 0.410 e. The maximum Gasteiger partial charge on any atom is 0.410 e. The number of carbonyl (C=O) groups is 3. The molecule has 1 aliphatic heterocycles. The Balaban J connectivity index is 2.09. The second-order valence-corrected chi connectivity index (χ2v) is 6.63. The van der Waals surface area contributed by atoms with Gasteiger partial charge in [0.1, 0.15) is 11.3 Å². The molecule has 0 spiro atoms. The van der Waals surface area contributed by atoms with Crippen molar-refractivity contribution < 1.29 is 34.1 Å². The Bertz CT molecular complexity index is 677. The van der Waals surface area contributed by atoms with Gasteiger partial charge in [0.2, 0.25) is 0 Å². The number of hydrogen-bond donors (Lipinski definition) is 2. The lowest BCUT2D eigenvalue weighted by atomic mass is 10.2. The van der Waals surface area contributed by atoms with Crippen molar-refractivity contribution in [2.45, 2.75) is 39.0 Å². The first-order valence-electron chi connectivity index (χ1n) is 7.71. The first kappa shape index (κ1) is 18.7. The number of amides is 1. The Hall–Kier alpha value is -2.62. The molecule has 1 unspecified atom stereocenters. The summed E-state index contributed by atoms with van der Waals surface area (Å²) in [6.07, 6.45) is -1.01. The first-order chi connectivity index (χ1) is 11.6. The zero-order valence-corrected chi connectivity index (χ0v) is 14.3. The number of hydrogen-bond acceptors (Lipinski definition) is 6. The third-order valence-electron chi connectivity index (χ3n) is 3.39. The molecule has 1 amide bonds.